The van der Waals surface area contributed by atoms with Crippen LogP contribution in [0.4, 0.5) is 5.82 Å². The molecule has 1 amide bonds. The Bertz CT molecular complexity index is 811. The molecule has 3 aliphatic heterocycles. The summed E-state index contributed by atoms with van der Waals surface area (Å²) in [7, 11) is -1.36. The first kappa shape index (κ1) is 18.6. The second-order valence-electron chi connectivity index (χ2n) is 7.21. The van der Waals surface area contributed by atoms with Crippen LogP contribution >= 0.6 is 0 Å². The number of pyridine rings is 1. The largest absolute Gasteiger partial charge is 0.481 e. The normalized spacial score (nSPS) is 26.6. The minimum atomic E-state index is -2.96. The van der Waals surface area contributed by atoms with Crippen molar-refractivity contribution in [1.29, 1.82) is 0 Å². The van der Waals surface area contributed by atoms with Crippen molar-refractivity contribution in [3.63, 3.8) is 0 Å². The smallest absolute Gasteiger partial charge is 0.245 e. The molecule has 0 aliphatic carbocycles. The fourth-order valence-electron chi connectivity index (χ4n) is 4.02. The second kappa shape index (κ2) is 7.34. The molecule has 0 aromatic carbocycles. The molecule has 3 saturated heterocycles. The number of sulfone groups is 1. The van der Waals surface area contributed by atoms with Gasteiger partial charge >= 0.3 is 0 Å². The predicted octanol–water partition coefficient (Wildman–Crippen LogP) is -0.883. The van der Waals surface area contributed by atoms with E-state index in [9.17, 15) is 13.2 Å². The molecule has 9 nitrogen and oxygen atoms in total. The predicted molar refractivity (Wildman–Crippen MR) is 101 cm³/mol. The van der Waals surface area contributed by atoms with E-state index < -0.39 is 9.84 Å². The lowest BCUT2D eigenvalue weighted by atomic mass is 10.0. The Labute approximate surface area is 159 Å². The molecule has 1 aromatic heterocycles. The molecule has 1 atom stereocenters. The highest BCUT2D eigenvalue weighted by Crippen LogP contribution is 2.31. The Hall–Kier alpha value is -1.75. The number of carbonyl (C=O) groups is 1. The molecule has 27 heavy (non-hydrogen) atoms. The van der Waals surface area contributed by atoms with Crippen molar-refractivity contribution in [3.05, 3.63) is 17.7 Å². The standard InChI is InChI=1S/C17H25N5O4S/c1-26-16-13(12-10-18-19-11-12)2-3-15(20-16)22-5-4-14(17(22)23)21-6-8-27(24,25)9-7-21/h2-3,12,14,18-19H,4-11H2,1H3. The number of aromatic nitrogens is 1. The molecule has 0 radical (unpaired) electrons. The number of rotatable bonds is 4. The SMILES string of the molecule is COc1nc(N2CCC(N3CCS(=O)(=O)CC3)C2=O)ccc1C1CNNC1. The van der Waals surface area contributed by atoms with Crippen molar-refractivity contribution in [3.8, 4) is 5.88 Å². The second-order valence-corrected chi connectivity index (χ2v) is 9.51. The van der Waals surface area contributed by atoms with Gasteiger partial charge in [0.2, 0.25) is 11.8 Å². The Morgan fingerprint density at radius 2 is 1.85 bits per heavy atom. The van der Waals surface area contributed by atoms with E-state index in [0.29, 0.717) is 37.8 Å². The maximum absolute atomic E-state index is 12.9. The van der Waals surface area contributed by atoms with Gasteiger partial charge in [0.25, 0.3) is 0 Å². The third kappa shape index (κ3) is 3.66. The van der Waals surface area contributed by atoms with Gasteiger partial charge in [-0.3, -0.25) is 25.4 Å². The summed E-state index contributed by atoms with van der Waals surface area (Å²) in [5, 5.41) is 0. The Morgan fingerprint density at radius 1 is 1.15 bits per heavy atom. The van der Waals surface area contributed by atoms with Crippen molar-refractivity contribution in [2.45, 2.75) is 18.4 Å². The summed E-state index contributed by atoms with van der Waals surface area (Å²) in [6, 6.07) is 3.59. The molecule has 4 rings (SSSR count). The first-order chi connectivity index (χ1) is 13.0. The molecule has 0 spiro atoms. The lowest BCUT2D eigenvalue weighted by molar-refractivity contribution is -0.121. The van der Waals surface area contributed by atoms with Gasteiger partial charge in [-0.1, -0.05) is 0 Å². The van der Waals surface area contributed by atoms with Gasteiger partial charge in [0.1, 0.15) is 5.82 Å². The van der Waals surface area contributed by atoms with E-state index in [1.54, 1.807) is 12.0 Å². The van der Waals surface area contributed by atoms with Crippen LogP contribution in [0.5, 0.6) is 5.88 Å². The van der Waals surface area contributed by atoms with E-state index in [2.05, 4.69) is 15.8 Å². The highest BCUT2D eigenvalue weighted by molar-refractivity contribution is 7.91. The summed E-state index contributed by atoms with van der Waals surface area (Å²) < 4.78 is 28.7. The van der Waals surface area contributed by atoms with Crippen LogP contribution in [0, 0.1) is 0 Å². The average Bonchev–Trinajstić information content (AvgIpc) is 3.31. The molecule has 3 aliphatic rings. The first-order valence-corrected chi connectivity index (χ1v) is 11.1. The lowest BCUT2D eigenvalue weighted by Gasteiger charge is -2.30. The number of nitrogens with one attached hydrogen (secondary N) is 2. The fraction of sp³-hybridized carbons (Fsp3) is 0.647. The molecule has 2 N–H and O–H groups in total. The summed E-state index contributed by atoms with van der Waals surface area (Å²) in [6.07, 6.45) is 0.682. The van der Waals surface area contributed by atoms with Crippen LogP contribution in [-0.2, 0) is 14.6 Å². The van der Waals surface area contributed by atoms with Crippen molar-refractivity contribution in [1.82, 2.24) is 20.7 Å². The van der Waals surface area contributed by atoms with Crippen LogP contribution < -0.4 is 20.5 Å². The number of nitrogens with zero attached hydrogens (tertiary/aromatic N) is 3. The van der Waals surface area contributed by atoms with Gasteiger partial charge in [0, 0.05) is 44.2 Å². The molecule has 1 aromatic rings. The van der Waals surface area contributed by atoms with Gasteiger partial charge in [0.05, 0.1) is 24.7 Å². The van der Waals surface area contributed by atoms with Crippen molar-refractivity contribution in [2.24, 2.45) is 0 Å². The molecular weight excluding hydrogens is 370 g/mol. The maximum atomic E-state index is 12.9. The highest BCUT2D eigenvalue weighted by atomic mass is 32.2. The summed E-state index contributed by atoms with van der Waals surface area (Å²) in [5.74, 6) is 1.65. The first-order valence-electron chi connectivity index (χ1n) is 9.25. The summed E-state index contributed by atoms with van der Waals surface area (Å²) >= 11 is 0. The third-order valence-electron chi connectivity index (χ3n) is 5.60. The minimum Gasteiger partial charge on any atom is -0.481 e. The van der Waals surface area contributed by atoms with E-state index in [1.807, 2.05) is 17.0 Å². The quantitative estimate of drug-likeness (QED) is 0.677. The topological polar surface area (TPSA) is 104 Å². The third-order valence-corrected chi connectivity index (χ3v) is 7.21. The van der Waals surface area contributed by atoms with E-state index in [1.165, 1.54) is 0 Å². The van der Waals surface area contributed by atoms with E-state index in [4.69, 9.17) is 4.74 Å². The highest BCUT2D eigenvalue weighted by Gasteiger charge is 2.39. The van der Waals surface area contributed by atoms with Gasteiger partial charge < -0.3 is 4.74 Å². The fourth-order valence-corrected chi connectivity index (χ4v) is 5.25. The van der Waals surface area contributed by atoms with Gasteiger partial charge in [-0.15, -0.1) is 0 Å². The number of hydrogen-bond acceptors (Lipinski definition) is 8. The Balaban J connectivity index is 1.50. The van der Waals surface area contributed by atoms with E-state index >= 15 is 0 Å². The summed E-state index contributed by atoms with van der Waals surface area (Å²) in [6.45, 7) is 3.03. The molecule has 10 heteroatoms. The zero-order chi connectivity index (χ0) is 19.0. The van der Waals surface area contributed by atoms with E-state index in [0.717, 1.165) is 18.7 Å². The number of ether oxygens (including phenoxy) is 1. The number of carbonyl (C=O) groups excluding carboxylic acids is 1. The molecule has 0 bridgehead atoms. The lowest BCUT2D eigenvalue weighted by Crippen LogP contribution is -2.49. The number of amides is 1. The van der Waals surface area contributed by atoms with Crippen molar-refractivity contribution < 1.29 is 17.9 Å². The minimum absolute atomic E-state index is 0.0131. The average molecular weight is 395 g/mol. The number of methoxy groups -OCH3 is 1. The van der Waals surface area contributed by atoms with Gasteiger partial charge in [-0.05, 0) is 18.6 Å². The number of hydrogen-bond donors (Lipinski definition) is 2. The number of hydrazine groups is 1. The van der Waals surface area contributed by atoms with Gasteiger partial charge in [-0.25, -0.2) is 8.42 Å². The Morgan fingerprint density at radius 3 is 2.52 bits per heavy atom. The molecule has 0 saturated carbocycles. The van der Waals surface area contributed by atoms with Gasteiger partial charge in [0.15, 0.2) is 9.84 Å². The molecule has 148 valence electrons. The summed E-state index contributed by atoms with van der Waals surface area (Å²) in [4.78, 5) is 21.2. The maximum Gasteiger partial charge on any atom is 0.245 e. The zero-order valence-electron chi connectivity index (χ0n) is 15.3. The molecular formula is C17H25N5O4S. The van der Waals surface area contributed by atoms with E-state index in [-0.39, 0.29) is 29.4 Å². The van der Waals surface area contributed by atoms with Gasteiger partial charge in [-0.2, -0.15) is 4.98 Å². The summed E-state index contributed by atoms with van der Waals surface area (Å²) in [5.41, 5.74) is 7.22. The van der Waals surface area contributed by atoms with Crippen molar-refractivity contribution >= 4 is 21.6 Å². The monoisotopic (exact) mass is 395 g/mol. The molecule has 3 fully saturated rings. The van der Waals surface area contributed by atoms with Crippen LogP contribution in [-0.4, -0.2) is 81.6 Å². The zero-order valence-corrected chi connectivity index (χ0v) is 16.2. The number of anilines is 1. The van der Waals surface area contributed by atoms with Crippen LogP contribution in [0.3, 0.4) is 0 Å². The van der Waals surface area contributed by atoms with Crippen LogP contribution in [0.2, 0.25) is 0 Å². The van der Waals surface area contributed by atoms with Crippen molar-refractivity contribution in [2.75, 3.05) is 56.2 Å². The van der Waals surface area contributed by atoms with Crippen LogP contribution in [0.15, 0.2) is 12.1 Å². The Kier molecular flexibility index (Phi) is 5.06. The molecule has 1 unspecified atom stereocenters. The molecule has 4 heterocycles. The van der Waals surface area contributed by atoms with Crippen LogP contribution in [0.25, 0.3) is 0 Å². The van der Waals surface area contributed by atoms with Crippen LogP contribution in [0.1, 0.15) is 17.9 Å².